The Morgan fingerprint density at radius 2 is 1.79 bits per heavy atom. The fourth-order valence-electron chi connectivity index (χ4n) is 1.87. The van der Waals surface area contributed by atoms with Crippen molar-refractivity contribution in [3.63, 3.8) is 0 Å². The first-order valence-electron chi connectivity index (χ1n) is 5.78. The predicted octanol–water partition coefficient (Wildman–Crippen LogP) is 0.878. The Hall–Kier alpha value is -1.34. The Bertz CT molecular complexity index is 587. The third-order valence-corrected chi connectivity index (χ3v) is 4.65. The first-order valence-corrected chi connectivity index (χ1v) is 7.60. The summed E-state index contributed by atoms with van der Waals surface area (Å²) >= 11 is 0. The van der Waals surface area contributed by atoms with Crippen molar-refractivity contribution in [3.8, 4) is 0 Å². The van der Waals surface area contributed by atoms with Crippen molar-refractivity contribution in [3.05, 3.63) is 35.4 Å². The molecule has 0 amide bonds. The molecule has 0 N–H and O–H groups in total. The van der Waals surface area contributed by atoms with Crippen molar-refractivity contribution in [1.29, 1.82) is 0 Å². The Labute approximate surface area is 109 Å². The van der Waals surface area contributed by atoms with Crippen molar-refractivity contribution < 1.29 is 22.0 Å². The molecule has 2 rings (SSSR count). The van der Waals surface area contributed by atoms with E-state index in [9.17, 15) is 22.0 Å². The van der Waals surface area contributed by atoms with Crippen molar-refractivity contribution in [2.75, 3.05) is 31.1 Å². The van der Waals surface area contributed by atoms with Gasteiger partial charge in [-0.15, -0.1) is 0 Å². The first kappa shape index (κ1) is 14.1. The molecular formula is C12H13F2NO3S. The van der Waals surface area contributed by atoms with Gasteiger partial charge in [-0.2, -0.15) is 0 Å². The monoisotopic (exact) mass is 289 g/mol. The molecule has 0 atom stereocenters. The normalized spacial score (nSPS) is 19.3. The fourth-order valence-corrected chi connectivity index (χ4v) is 3.15. The molecule has 1 aliphatic rings. The van der Waals surface area contributed by atoms with Crippen LogP contribution in [0.25, 0.3) is 0 Å². The van der Waals surface area contributed by atoms with Crippen LogP contribution in [-0.4, -0.2) is 50.2 Å². The van der Waals surface area contributed by atoms with Gasteiger partial charge in [0.05, 0.1) is 18.1 Å². The zero-order chi connectivity index (χ0) is 14.0. The van der Waals surface area contributed by atoms with E-state index >= 15 is 0 Å². The lowest BCUT2D eigenvalue weighted by Gasteiger charge is -2.25. The number of sulfone groups is 1. The number of Topliss-reactive ketones (excluding diaryl/α,β-unsaturated/α-hetero) is 1. The minimum atomic E-state index is -2.99. The number of hydrogen-bond acceptors (Lipinski definition) is 4. The van der Waals surface area contributed by atoms with Crippen LogP contribution in [0.15, 0.2) is 18.2 Å². The SMILES string of the molecule is O=C(CN1CCS(=O)(=O)CC1)c1ccc(F)c(F)c1. The molecule has 4 nitrogen and oxygen atoms in total. The summed E-state index contributed by atoms with van der Waals surface area (Å²) in [5, 5.41) is 0. The molecule has 0 bridgehead atoms. The lowest BCUT2D eigenvalue weighted by molar-refractivity contribution is 0.0935. The summed E-state index contributed by atoms with van der Waals surface area (Å²) < 4.78 is 48.2. The highest BCUT2D eigenvalue weighted by Gasteiger charge is 2.23. The maximum Gasteiger partial charge on any atom is 0.176 e. The summed E-state index contributed by atoms with van der Waals surface area (Å²) in [6, 6.07) is 2.99. The smallest absolute Gasteiger partial charge is 0.176 e. The topological polar surface area (TPSA) is 54.5 Å². The molecular weight excluding hydrogens is 276 g/mol. The molecule has 19 heavy (non-hydrogen) atoms. The van der Waals surface area contributed by atoms with Gasteiger partial charge in [0.15, 0.2) is 27.3 Å². The molecule has 104 valence electrons. The van der Waals surface area contributed by atoms with Crippen LogP contribution in [0.2, 0.25) is 0 Å². The number of hydrogen-bond donors (Lipinski definition) is 0. The molecule has 1 aromatic carbocycles. The van der Waals surface area contributed by atoms with Crippen LogP contribution in [0.1, 0.15) is 10.4 Å². The first-order chi connectivity index (χ1) is 8.87. The number of benzene rings is 1. The predicted molar refractivity (Wildman–Crippen MR) is 65.8 cm³/mol. The molecule has 1 aromatic rings. The lowest BCUT2D eigenvalue weighted by atomic mass is 10.1. The summed E-state index contributed by atoms with van der Waals surface area (Å²) in [4.78, 5) is 13.6. The molecule has 0 radical (unpaired) electrons. The van der Waals surface area contributed by atoms with E-state index in [0.29, 0.717) is 0 Å². The Balaban J connectivity index is 2.00. The lowest BCUT2D eigenvalue weighted by Crippen LogP contribution is -2.42. The second-order valence-corrected chi connectivity index (χ2v) is 6.78. The highest BCUT2D eigenvalue weighted by Crippen LogP contribution is 2.11. The van der Waals surface area contributed by atoms with E-state index in [-0.39, 0.29) is 42.5 Å². The van der Waals surface area contributed by atoms with Crippen molar-refractivity contribution in [2.24, 2.45) is 0 Å². The molecule has 1 aliphatic heterocycles. The summed E-state index contributed by atoms with van der Waals surface area (Å²) in [7, 11) is -2.99. The largest absolute Gasteiger partial charge is 0.294 e. The van der Waals surface area contributed by atoms with E-state index < -0.39 is 21.5 Å². The van der Waals surface area contributed by atoms with Gasteiger partial charge in [0.1, 0.15) is 0 Å². The average Bonchev–Trinajstić information content (AvgIpc) is 2.35. The van der Waals surface area contributed by atoms with E-state index in [4.69, 9.17) is 0 Å². The molecule has 0 saturated carbocycles. The van der Waals surface area contributed by atoms with Gasteiger partial charge < -0.3 is 0 Å². The van der Waals surface area contributed by atoms with E-state index in [2.05, 4.69) is 0 Å². The zero-order valence-electron chi connectivity index (χ0n) is 10.1. The summed E-state index contributed by atoms with van der Waals surface area (Å²) in [5.74, 6) is -2.36. The Morgan fingerprint density at radius 1 is 1.16 bits per heavy atom. The van der Waals surface area contributed by atoms with Crippen LogP contribution in [0.3, 0.4) is 0 Å². The van der Waals surface area contributed by atoms with Gasteiger partial charge in [0.2, 0.25) is 0 Å². The minimum absolute atomic E-state index is 0.0145. The summed E-state index contributed by atoms with van der Waals surface area (Å²) in [5.41, 5.74) is 0.0901. The molecule has 0 spiro atoms. The van der Waals surface area contributed by atoms with E-state index in [0.717, 1.165) is 12.1 Å². The number of nitrogens with zero attached hydrogens (tertiary/aromatic N) is 1. The van der Waals surface area contributed by atoms with E-state index in [1.54, 1.807) is 4.90 Å². The third-order valence-electron chi connectivity index (χ3n) is 3.05. The molecule has 0 unspecified atom stereocenters. The summed E-state index contributed by atoms with van der Waals surface area (Å²) in [6.07, 6.45) is 0. The van der Waals surface area contributed by atoms with Crippen LogP contribution in [-0.2, 0) is 9.84 Å². The van der Waals surface area contributed by atoms with Crippen LogP contribution >= 0.6 is 0 Å². The van der Waals surface area contributed by atoms with Gasteiger partial charge >= 0.3 is 0 Å². The van der Waals surface area contributed by atoms with Gasteiger partial charge in [-0.05, 0) is 18.2 Å². The van der Waals surface area contributed by atoms with Crippen LogP contribution < -0.4 is 0 Å². The molecule has 0 aliphatic carbocycles. The molecule has 0 aromatic heterocycles. The van der Waals surface area contributed by atoms with Crippen molar-refractivity contribution in [1.82, 2.24) is 4.90 Å². The van der Waals surface area contributed by atoms with Gasteiger partial charge in [0, 0.05) is 18.7 Å². The van der Waals surface area contributed by atoms with Crippen molar-refractivity contribution >= 4 is 15.6 Å². The average molecular weight is 289 g/mol. The number of ketones is 1. The number of carbonyl (C=O) groups is 1. The zero-order valence-corrected chi connectivity index (χ0v) is 10.9. The second kappa shape index (κ2) is 5.34. The van der Waals surface area contributed by atoms with Crippen LogP contribution in [0, 0.1) is 11.6 Å². The maximum absolute atomic E-state index is 13.0. The van der Waals surface area contributed by atoms with Gasteiger partial charge in [0.25, 0.3) is 0 Å². The minimum Gasteiger partial charge on any atom is -0.294 e. The highest BCUT2D eigenvalue weighted by atomic mass is 32.2. The van der Waals surface area contributed by atoms with Gasteiger partial charge in [-0.25, -0.2) is 17.2 Å². The van der Waals surface area contributed by atoms with E-state index in [1.165, 1.54) is 6.07 Å². The third kappa shape index (κ3) is 3.57. The molecule has 7 heteroatoms. The highest BCUT2D eigenvalue weighted by molar-refractivity contribution is 7.91. The number of halogens is 2. The standard InChI is InChI=1S/C12H13F2NO3S/c13-10-2-1-9(7-11(10)14)12(16)8-15-3-5-19(17,18)6-4-15/h1-2,7H,3-6,8H2. The molecule has 1 heterocycles. The van der Waals surface area contributed by atoms with Crippen LogP contribution in [0.5, 0.6) is 0 Å². The van der Waals surface area contributed by atoms with Gasteiger partial charge in [-0.3, -0.25) is 9.69 Å². The number of carbonyl (C=O) groups excluding carboxylic acids is 1. The number of rotatable bonds is 3. The quantitative estimate of drug-likeness (QED) is 0.775. The Kier molecular flexibility index (Phi) is 3.96. The maximum atomic E-state index is 13.0. The van der Waals surface area contributed by atoms with Crippen LogP contribution in [0.4, 0.5) is 8.78 Å². The van der Waals surface area contributed by atoms with E-state index in [1.807, 2.05) is 0 Å². The second-order valence-electron chi connectivity index (χ2n) is 4.48. The molecule has 1 fully saturated rings. The summed E-state index contributed by atoms with van der Waals surface area (Å²) in [6.45, 7) is 0.593. The van der Waals surface area contributed by atoms with Gasteiger partial charge in [-0.1, -0.05) is 0 Å². The molecule has 1 saturated heterocycles. The fraction of sp³-hybridized carbons (Fsp3) is 0.417. The Morgan fingerprint density at radius 3 is 2.37 bits per heavy atom. The van der Waals surface area contributed by atoms with Crippen molar-refractivity contribution in [2.45, 2.75) is 0 Å².